The van der Waals surface area contributed by atoms with E-state index < -0.39 is 11.9 Å². The van der Waals surface area contributed by atoms with E-state index in [4.69, 9.17) is 4.74 Å². The highest BCUT2D eigenvalue weighted by Gasteiger charge is 2.34. The van der Waals surface area contributed by atoms with E-state index in [1.807, 2.05) is 36.4 Å². The van der Waals surface area contributed by atoms with Crippen LogP contribution in [0.2, 0.25) is 0 Å². The molecule has 9 heteroatoms. The van der Waals surface area contributed by atoms with Crippen LogP contribution in [0.4, 0.5) is 16.2 Å². The summed E-state index contributed by atoms with van der Waals surface area (Å²) in [5, 5.41) is 16.2. The Kier molecular flexibility index (Phi) is 7.05. The van der Waals surface area contributed by atoms with E-state index >= 15 is 0 Å². The maximum absolute atomic E-state index is 13.4. The zero-order valence-corrected chi connectivity index (χ0v) is 23.1. The van der Waals surface area contributed by atoms with Gasteiger partial charge in [-0.15, -0.1) is 0 Å². The summed E-state index contributed by atoms with van der Waals surface area (Å²) >= 11 is 7.24. The van der Waals surface area contributed by atoms with E-state index in [0.29, 0.717) is 25.9 Å². The number of nitrogens with one attached hydrogen (secondary N) is 2. The molecule has 0 heterocycles. The number of halogens is 2. The Labute approximate surface area is 235 Å². The molecular formula is C29H20Br2N2O5. The predicted molar refractivity (Wildman–Crippen MR) is 151 cm³/mol. The molecule has 0 bridgehead atoms. The Balaban J connectivity index is 1.46. The van der Waals surface area contributed by atoms with Gasteiger partial charge in [0.25, 0.3) is 0 Å². The smallest absolute Gasteiger partial charge is 0.407 e. The van der Waals surface area contributed by atoms with E-state index in [9.17, 15) is 19.5 Å². The highest BCUT2D eigenvalue weighted by molar-refractivity contribution is 9.11. The summed E-state index contributed by atoms with van der Waals surface area (Å²) in [5.74, 6) is -0.969. The highest BCUT2D eigenvalue weighted by Crippen LogP contribution is 2.42. The molecule has 38 heavy (non-hydrogen) atoms. The summed E-state index contributed by atoms with van der Waals surface area (Å²) in [6.07, 6.45) is -0.491. The van der Waals surface area contributed by atoms with Crippen molar-refractivity contribution in [3.05, 3.63) is 110 Å². The lowest BCUT2D eigenvalue weighted by Crippen LogP contribution is -2.22. The van der Waals surface area contributed by atoms with Gasteiger partial charge in [0.1, 0.15) is 12.4 Å². The third-order valence-corrected chi connectivity index (χ3v) is 7.47. The van der Waals surface area contributed by atoms with Crippen molar-refractivity contribution in [1.29, 1.82) is 0 Å². The van der Waals surface area contributed by atoms with E-state index in [-0.39, 0.29) is 34.8 Å². The van der Waals surface area contributed by atoms with Crippen LogP contribution in [0, 0.1) is 0 Å². The average Bonchev–Trinajstić information content (AvgIpc) is 2.93. The second-order valence-corrected chi connectivity index (χ2v) is 10.3. The van der Waals surface area contributed by atoms with Gasteiger partial charge in [-0.2, -0.15) is 0 Å². The number of rotatable bonds is 5. The number of hydrogen-bond acceptors (Lipinski definition) is 6. The van der Waals surface area contributed by atoms with Gasteiger partial charge in [0, 0.05) is 27.1 Å². The molecule has 0 fully saturated rings. The Morgan fingerprint density at radius 3 is 2.05 bits per heavy atom. The first-order valence-electron chi connectivity index (χ1n) is 11.5. The van der Waals surface area contributed by atoms with Crippen LogP contribution in [0.5, 0.6) is 5.75 Å². The van der Waals surface area contributed by atoms with Crippen LogP contribution >= 0.6 is 31.9 Å². The molecule has 0 saturated carbocycles. The Morgan fingerprint density at radius 1 is 0.842 bits per heavy atom. The number of amides is 1. The number of ketones is 2. The summed E-state index contributed by atoms with van der Waals surface area (Å²) in [6, 6.07) is 21.1. The summed E-state index contributed by atoms with van der Waals surface area (Å²) in [6.45, 7) is 0.166. The molecule has 3 N–H and O–H groups in total. The number of alkyl carbamates (subject to hydrolysis) is 1. The van der Waals surface area contributed by atoms with Crippen molar-refractivity contribution in [2.75, 3.05) is 12.4 Å². The standard InChI is InChI=1S/C29H20Br2N2O5/c1-32-29(37)38-14-15-6-8-16(9-7-15)17-12-20(30)26(21(31)13-17)33-22-10-11-23(34)25-24(22)27(35)18-4-2-3-5-19(18)28(25)36/h2-13,33-34H,14H2,1H3,(H,32,37). The minimum Gasteiger partial charge on any atom is -0.507 e. The van der Waals surface area contributed by atoms with Gasteiger partial charge >= 0.3 is 6.09 Å². The first-order valence-corrected chi connectivity index (χ1v) is 13.1. The maximum atomic E-state index is 13.4. The third kappa shape index (κ3) is 4.70. The Morgan fingerprint density at radius 2 is 1.45 bits per heavy atom. The molecule has 1 aliphatic rings. The lowest BCUT2D eigenvalue weighted by molar-refractivity contribution is 0.0977. The van der Waals surface area contributed by atoms with Crippen LogP contribution in [0.1, 0.15) is 37.4 Å². The van der Waals surface area contributed by atoms with Crippen molar-refractivity contribution in [2.24, 2.45) is 0 Å². The van der Waals surface area contributed by atoms with Crippen molar-refractivity contribution in [2.45, 2.75) is 6.61 Å². The zero-order valence-electron chi connectivity index (χ0n) is 20.0. The number of anilines is 2. The largest absolute Gasteiger partial charge is 0.507 e. The van der Waals surface area contributed by atoms with Crippen LogP contribution in [0.25, 0.3) is 11.1 Å². The molecule has 0 unspecified atom stereocenters. The second-order valence-electron chi connectivity index (χ2n) is 8.55. The SMILES string of the molecule is CNC(=O)OCc1ccc(-c2cc(Br)c(Nc3ccc(O)c4c3C(=O)c3ccccc3C4=O)c(Br)c2)cc1. The van der Waals surface area contributed by atoms with Crippen LogP contribution in [-0.2, 0) is 11.3 Å². The molecule has 4 aromatic carbocycles. The van der Waals surface area contributed by atoms with Crippen molar-refractivity contribution in [3.8, 4) is 16.9 Å². The minimum atomic E-state index is -0.491. The van der Waals surface area contributed by atoms with Gasteiger partial charge in [0.2, 0.25) is 0 Å². The lowest BCUT2D eigenvalue weighted by Gasteiger charge is -2.22. The van der Waals surface area contributed by atoms with E-state index in [0.717, 1.165) is 16.7 Å². The Bertz CT molecular complexity index is 1590. The molecule has 4 aromatic rings. The first kappa shape index (κ1) is 25.7. The van der Waals surface area contributed by atoms with E-state index in [1.54, 1.807) is 30.3 Å². The molecule has 0 saturated heterocycles. The molecule has 0 aromatic heterocycles. The molecule has 0 atom stereocenters. The number of phenolic OH excluding ortho intramolecular Hbond substituents is 1. The summed E-state index contributed by atoms with van der Waals surface area (Å²) in [4.78, 5) is 37.8. The topological polar surface area (TPSA) is 105 Å². The van der Waals surface area contributed by atoms with Crippen molar-refractivity contribution < 1.29 is 24.2 Å². The van der Waals surface area contributed by atoms with Gasteiger partial charge in [0.15, 0.2) is 11.6 Å². The molecule has 5 rings (SSSR count). The summed E-state index contributed by atoms with van der Waals surface area (Å²) in [5.41, 5.74) is 4.46. The van der Waals surface area contributed by atoms with Crippen LogP contribution in [-0.4, -0.2) is 29.8 Å². The normalized spacial score (nSPS) is 12.0. The highest BCUT2D eigenvalue weighted by atomic mass is 79.9. The monoisotopic (exact) mass is 634 g/mol. The number of hydrogen-bond donors (Lipinski definition) is 3. The second kappa shape index (κ2) is 10.4. The molecule has 0 spiro atoms. The Hall–Kier alpha value is -3.95. The molecule has 0 aliphatic heterocycles. The minimum absolute atomic E-state index is 0.0111. The fourth-order valence-corrected chi connectivity index (χ4v) is 5.70. The van der Waals surface area contributed by atoms with Gasteiger partial charge in [-0.3, -0.25) is 9.59 Å². The van der Waals surface area contributed by atoms with Gasteiger partial charge in [-0.05, 0) is 72.8 Å². The average molecular weight is 636 g/mol. The van der Waals surface area contributed by atoms with Gasteiger partial charge < -0.3 is 20.5 Å². The van der Waals surface area contributed by atoms with Gasteiger partial charge in [-0.25, -0.2) is 4.79 Å². The molecule has 1 aliphatic carbocycles. The van der Waals surface area contributed by atoms with Crippen LogP contribution < -0.4 is 10.6 Å². The molecule has 190 valence electrons. The first-order chi connectivity index (χ1) is 18.3. The van der Waals surface area contributed by atoms with Crippen molar-refractivity contribution in [1.82, 2.24) is 5.32 Å². The number of carbonyl (C=O) groups is 3. The van der Waals surface area contributed by atoms with Crippen LogP contribution in [0.15, 0.2) is 81.7 Å². The van der Waals surface area contributed by atoms with E-state index in [1.165, 1.54) is 13.1 Å². The number of ether oxygens (including phenoxy) is 1. The quantitative estimate of drug-likeness (QED) is 0.180. The third-order valence-electron chi connectivity index (χ3n) is 6.22. The molecule has 7 nitrogen and oxygen atoms in total. The number of aromatic hydroxyl groups is 1. The van der Waals surface area contributed by atoms with E-state index in [2.05, 4.69) is 42.5 Å². The number of phenols is 1. The molecular weight excluding hydrogens is 616 g/mol. The molecule has 1 amide bonds. The summed E-state index contributed by atoms with van der Waals surface area (Å²) in [7, 11) is 1.51. The number of fused-ring (bicyclic) bond motifs is 2. The molecule has 0 radical (unpaired) electrons. The van der Waals surface area contributed by atoms with Gasteiger partial charge in [-0.1, -0.05) is 48.5 Å². The van der Waals surface area contributed by atoms with Crippen LogP contribution in [0.3, 0.4) is 0 Å². The fraction of sp³-hybridized carbons (Fsp3) is 0.0690. The lowest BCUT2D eigenvalue weighted by atomic mass is 9.82. The number of benzene rings is 4. The van der Waals surface area contributed by atoms with Gasteiger partial charge in [0.05, 0.1) is 22.5 Å². The van der Waals surface area contributed by atoms with Crippen molar-refractivity contribution >= 4 is 60.9 Å². The zero-order chi connectivity index (χ0) is 27.0. The van der Waals surface area contributed by atoms with Crippen molar-refractivity contribution in [3.63, 3.8) is 0 Å². The predicted octanol–water partition coefficient (Wildman–Crippen LogP) is 6.96. The maximum Gasteiger partial charge on any atom is 0.407 e. The summed E-state index contributed by atoms with van der Waals surface area (Å²) < 4.78 is 6.51. The fourth-order valence-electron chi connectivity index (χ4n) is 4.32. The number of carbonyl (C=O) groups excluding carboxylic acids is 3.